The van der Waals surface area contributed by atoms with Crippen molar-refractivity contribution < 1.29 is 14.4 Å². The molecular weight excluding hydrogens is 450 g/mol. The van der Waals surface area contributed by atoms with Gasteiger partial charge in [0.2, 0.25) is 11.8 Å². The first kappa shape index (κ1) is 23.8. The Labute approximate surface area is 204 Å². The van der Waals surface area contributed by atoms with Crippen LogP contribution in [-0.2, 0) is 16.1 Å². The van der Waals surface area contributed by atoms with E-state index < -0.39 is 11.6 Å². The van der Waals surface area contributed by atoms with Gasteiger partial charge in [0, 0.05) is 28.1 Å². The molecular formula is C27H28ClN3O3. The fourth-order valence-electron chi connectivity index (χ4n) is 4.21. The number of carbonyl (C=O) groups excluding carboxylic acids is 3. The predicted octanol–water partition coefficient (Wildman–Crippen LogP) is 4.79. The van der Waals surface area contributed by atoms with E-state index in [1.165, 1.54) is 9.80 Å². The summed E-state index contributed by atoms with van der Waals surface area (Å²) in [7, 11) is 0. The van der Waals surface area contributed by atoms with Gasteiger partial charge in [0.15, 0.2) is 0 Å². The molecule has 0 saturated heterocycles. The summed E-state index contributed by atoms with van der Waals surface area (Å²) in [5, 5.41) is 5.34. The third kappa shape index (κ3) is 4.77. The number of anilines is 1. The summed E-state index contributed by atoms with van der Waals surface area (Å²) in [5.74, 6) is -0.781. The summed E-state index contributed by atoms with van der Waals surface area (Å²) in [5.41, 5.74) is 1.70. The minimum Gasteiger partial charge on any atom is -0.350 e. The van der Waals surface area contributed by atoms with E-state index in [9.17, 15) is 14.4 Å². The number of hydrogen-bond acceptors (Lipinski definition) is 3. The van der Waals surface area contributed by atoms with Gasteiger partial charge in [0.25, 0.3) is 5.91 Å². The highest BCUT2D eigenvalue weighted by atomic mass is 35.5. The molecule has 176 valence electrons. The topological polar surface area (TPSA) is 69.7 Å². The number of nitrogens with one attached hydrogen (secondary N) is 1. The number of benzene rings is 3. The van der Waals surface area contributed by atoms with E-state index in [4.69, 9.17) is 11.6 Å². The van der Waals surface area contributed by atoms with Crippen molar-refractivity contribution in [1.82, 2.24) is 10.2 Å². The average molecular weight is 478 g/mol. The molecule has 0 aromatic heterocycles. The van der Waals surface area contributed by atoms with Gasteiger partial charge in [-0.25, -0.2) is 0 Å². The Bertz CT molecular complexity index is 1260. The molecule has 7 heteroatoms. The van der Waals surface area contributed by atoms with Crippen LogP contribution < -0.4 is 10.2 Å². The van der Waals surface area contributed by atoms with Crippen LogP contribution in [0.5, 0.6) is 0 Å². The number of carbonyl (C=O) groups is 3. The lowest BCUT2D eigenvalue weighted by Crippen LogP contribution is -2.54. The maximum absolute atomic E-state index is 13.6. The number of halogens is 1. The van der Waals surface area contributed by atoms with Gasteiger partial charge in [-0.1, -0.05) is 48.0 Å². The molecule has 1 atom stereocenters. The zero-order valence-electron chi connectivity index (χ0n) is 19.8. The summed E-state index contributed by atoms with van der Waals surface area (Å²) in [6, 6.07) is 17.7. The number of hydrogen-bond donors (Lipinski definition) is 1. The van der Waals surface area contributed by atoms with Crippen LogP contribution in [0, 0.1) is 0 Å². The highest BCUT2D eigenvalue weighted by Crippen LogP contribution is 2.37. The molecule has 0 fully saturated rings. The molecule has 0 radical (unpaired) electrons. The van der Waals surface area contributed by atoms with Crippen molar-refractivity contribution in [1.29, 1.82) is 0 Å². The molecule has 4 rings (SSSR count). The Kier molecular flexibility index (Phi) is 6.36. The first-order valence-corrected chi connectivity index (χ1v) is 11.6. The normalized spacial score (nSPS) is 13.8. The predicted molar refractivity (Wildman–Crippen MR) is 135 cm³/mol. The van der Waals surface area contributed by atoms with Crippen molar-refractivity contribution in [3.05, 3.63) is 76.8 Å². The van der Waals surface area contributed by atoms with E-state index in [1.807, 2.05) is 63.2 Å². The second kappa shape index (κ2) is 9.11. The highest BCUT2D eigenvalue weighted by molar-refractivity contribution is 6.30. The van der Waals surface area contributed by atoms with Gasteiger partial charge >= 0.3 is 0 Å². The van der Waals surface area contributed by atoms with Crippen LogP contribution in [0.2, 0.25) is 5.02 Å². The van der Waals surface area contributed by atoms with Crippen molar-refractivity contribution in [2.75, 3.05) is 11.4 Å². The van der Waals surface area contributed by atoms with Gasteiger partial charge in [0.1, 0.15) is 12.6 Å². The Balaban J connectivity index is 1.63. The fraction of sp³-hybridized carbons (Fsp3) is 0.296. The van der Waals surface area contributed by atoms with Crippen molar-refractivity contribution >= 4 is 45.8 Å². The standard InChI is InChI=1S/C27H28ClN3O3/c1-17(25(33)29-27(2,3)4)30(15-18-11-13-20(28)14-12-18)23(32)16-31-22-10-6-8-19-7-5-9-21(24(19)22)26(31)34/h5-14,17H,15-16H2,1-4H3,(H,29,33)/t17-/m1/s1. The number of rotatable bonds is 6. The lowest BCUT2D eigenvalue weighted by Gasteiger charge is -2.32. The molecule has 3 amide bonds. The lowest BCUT2D eigenvalue weighted by molar-refractivity contribution is -0.140. The maximum Gasteiger partial charge on any atom is 0.259 e. The van der Waals surface area contributed by atoms with Gasteiger partial charge < -0.3 is 10.2 Å². The molecule has 1 aliphatic heterocycles. The van der Waals surface area contributed by atoms with E-state index in [1.54, 1.807) is 25.1 Å². The largest absolute Gasteiger partial charge is 0.350 e. The molecule has 0 spiro atoms. The molecule has 0 saturated carbocycles. The van der Waals surface area contributed by atoms with Crippen LogP contribution in [-0.4, -0.2) is 40.7 Å². The van der Waals surface area contributed by atoms with Crippen molar-refractivity contribution in [2.24, 2.45) is 0 Å². The first-order valence-electron chi connectivity index (χ1n) is 11.2. The number of nitrogens with zero attached hydrogens (tertiary/aromatic N) is 2. The Morgan fingerprint density at radius 1 is 1.03 bits per heavy atom. The van der Waals surface area contributed by atoms with Gasteiger partial charge in [-0.05, 0) is 62.9 Å². The first-order chi connectivity index (χ1) is 16.0. The summed E-state index contributed by atoms with van der Waals surface area (Å²) >= 11 is 6.02. The van der Waals surface area contributed by atoms with Crippen LogP contribution in [0.3, 0.4) is 0 Å². The molecule has 34 heavy (non-hydrogen) atoms. The summed E-state index contributed by atoms with van der Waals surface area (Å²) in [6.07, 6.45) is 0. The zero-order chi connectivity index (χ0) is 24.6. The molecule has 3 aromatic carbocycles. The van der Waals surface area contributed by atoms with Crippen LogP contribution in [0.25, 0.3) is 10.8 Å². The number of amides is 3. The van der Waals surface area contributed by atoms with Gasteiger partial charge in [0.05, 0.1) is 5.69 Å². The third-order valence-electron chi connectivity index (χ3n) is 5.87. The van der Waals surface area contributed by atoms with Crippen LogP contribution >= 0.6 is 11.6 Å². The Hall–Kier alpha value is -3.38. The van der Waals surface area contributed by atoms with E-state index in [2.05, 4.69) is 5.32 Å². The molecule has 0 bridgehead atoms. The lowest BCUT2D eigenvalue weighted by atomic mass is 10.1. The molecule has 1 heterocycles. The second-order valence-corrected chi connectivity index (χ2v) is 10.1. The van der Waals surface area contributed by atoms with Gasteiger partial charge in [-0.15, -0.1) is 0 Å². The fourth-order valence-corrected chi connectivity index (χ4v) is 4.33. The minimum absolute atomic E-state index is 0.159. The Morgan fingerprint density at radius 2 is 1.68 bits per heavy atom. The monoisotopic (exact) mass is 477 g/mol. The summed E-state index contributed by atoms with van der Waals surface area (Å²) in [4.78, 5) is 42.8. The average Bonchev–Trinajstić information content (AvgIpc) is 3.05. The summed E-state index contributed by atoms with van der Waals surface area (Å²) in [6.45, 7) is 7.44. The molecule has 1 N–H and O–H groups in total. The smallest absolute Gasteiger partial charge is 0.259 e. The van der Waals surface area contributed by atoms with Crippen LogP contribution in [0.1, 0.15) is 43.6 Å². The maximum atomic E-state index is 13.6. The van der Waals surface area contributed by atoms with E-state index in [-0.39, 0.29) is 30.8 Å². The molecule has 0 aliphatic carbocycles. The van der Waals surface area contributed by atoms with Crippen LogP contribution in [0.15, 0.2) is 60.7 Å². The Morgan fingerprint density at radius 3 is 2.32 bits per heavy atom. The summed E-state index contributed by atoms with van der Waals surface area (Å²) < 4.78 is 0. The second-order valence-electron chi connectivity index (χ2n) is 9.64. The quantitative estimate of drug-likeness (QED) is 0.555. The molecule has 3 aromatic rings. The van der Waals surface area contributed by atoms with E-state index in [0.29, 0.717) is 16.3 Å². The van der Waals surface area contributed by atoms with Crippen molar-refractivity contribution in [3.8, 4) is 0 Å². The minimum atomic E-state index is -0.738. The van der Waals surface area contributed by atoms with Crippen molar-refractivity contribution in [2.45, 2.75) is 45.8 Å². The molecule has 0 unspecified atom stereocenters. The molecule has 1 aliphatic rings. The zero-order valence-corrected chi connectivity index (χ0v) is 20.5. The van der Waals surface area contributed by atoms with E-state index in [0.717, 1.165) is 16.3 Å². The third-order valence-corrected chi connectivity index (χ3v) is 6.13. The SMILES string of the molecule is C[C@H](C(=O)NC(C)(C)C)N(Cc1ccc(Cl)cc1)C(=O)CN1C(=O)c2cccc3cccc1c23. The highest BCUT2D eigenvalue weighted by Gasteiger charge is 2.34. The van der Waals surface area contributed by atoms with Crippen molar-refractivity contribution in [3.63, 3.8) is 0 Å². The van der Waals surface area contributed by atoms with Gasteiger partial charge in [-0.3, -0.25) is 19.3 Å². The molecule has 6 nitrogen and oxygen atoms in total. The van der Waals surface area contributed by atoms with Gasteiger partial charge in [-0.2, -0.15) is 0 Å². The van der Waals surface area contributed by atoms with Crippen LogP contribution in [0.4, 0.5) is 5.69 Å². The van der Waals surface area contributed by atoms with E-state index >= 15 is 0 Å².